The first-order chi connectivity index (χ1) is 12.3. The van der Waals surface area contributed by atoms with Gasteiger partial charge in [0.05, 0.1) is 5.02 Å². The monoisotopic (exact) mass is 393 g/mol. The van der Waals surface area contributed by atoms with E-state index in [2.05, 4.69) is 5.32 Å². The molecule has 6 heteroatoms. The molecule has 136 valence electrons. The van der Waals surface area contributed by atoms with Crippen molar-refractivity contribution in [3.8, 4) is 0 Å². The molecule has 0 saturated heterocycles. The van der Waals surface area contributed by atoms with Gasteiger partial charge < -0.3 is 9.73 Å². The molecule has 2 aromatic carbocycles. The number of rotatable bonds is 4. The molecular weight excluding hydrogens is 376 g/mol. The minimum Gasteiger partial charge on any atom is -0.422 e. The Kier molecular flexibility index (Phi) is 5.37. The molecule has 3 aromatic rings. The summed E-state index contributed by atoms with van der Waals surface area (Å²) in [4.78, 5) is 11.9. The summed E-state index contributed by atoms with van der Waals surface area (Å²) >= 11 is 11.9. The van der Waals surface area contributed by atoms with Gasteiger partial charge in [-0.2, -0.15) is 0 Å². The first kappa shape index (κ1) is 18.9. The summed E-state index contributed by atoms with van der Waals surface area (Å²) < 4.78 is 19.1. The lowest BCUT2D eigenvalue weighted by molar-refractivity contribution is 0.544. The van der Waals surface area contributed by atoms with E-state index in [1.807, 2.05) is 32.9 Å². The Labute approximate surface area is 160 Å². The van der Waals surface area contributed by atoms with Crippen LogP contribution in [0.1, 0.15) is 35.2 Å². The Morgan fingerprint density at radius 2 is 1.88 bits per heavy atom. The van der Waals surface area contributed by atoms with Gasteiger partial charge in [0.25, 0.3) is 0 Å². The molecule has 0 aliphatic rings. The molecule has 0 bridgehead atoms. The Hall–Kier alpha value is -1.88. The molecule has 0 saturated carbocycles. The van der Waals surface area contributed by atoms with E-state index in [4.69, 9.17) is 27.6 Å². The highest BCUT2D eigenvalue weighted by molar-refractivity contribution is 6.35. The molecule has 3 rings (SSSR count). The van der Waals surface area contributed by atoms with Gasteiger partial charge in [-0.25, -0.2) is 9.18 Å². The summed E-state index contributed by atoms with van der Waals surface area (Å²) in [5.74, 6) is -0.517. The number of hydrogen-bond donors (Lipinski definition) is 1. The van der Waals surface area contributed by atoms with Gasteiger partial charge >= 0.3 is 5.63 Å². The molecule has 26 heavy (non-hydrogen) atoms. The van der Waals surface area contributed by atoms with E-state index in [9.17, 15) is 9.18 Å². The van der Waals surface area contributed by atoms with Gasteiger partial charge in [-0.1, -0.05) is 35.3 Å². The van der Waals surface area contributed by atoms with Crippen molar-refractivity contribution in [1.29, 1.82) is 0 Å². The topological polar surface area (TPSA) is 42.2 Å². The van der Waals surface area contributed by atoms with Crippen molar-refractivity contribution in [2.24, 2.45) is 0 Å². The minimum atomic E-state index is -0.517. The predicted octanol–water partition coefficient (Wildman–Crippen LogP) is 5.71. The fourth-order valence-corrected chi connectivity index (χ4v) is 3.46. The van der Waals surface area contributed by atoms with Gasteiger partial charge in [0, 0.05) is 29.1 Å². The van der Waals surface area contributed by atoms with E-state index >= 15 is 0 Å². The summed E-state index contributed by atoms with van der Waals surface area (Å²) in [5, 5.41) is 4.54. The SMILES string of the molecule is Cc1ccc2c(CN[C@H](C)c3cc(F)c(Cl)cc3Cl)cc(=O)oc2c1C. The van der Waals surface area contributed by atoms with Crippen molar-refractivity contribution >= 4 is 34.2 Å². The second kappa shape index (κ2) is 7.39. The fourth-order valence-electron chi connectivity index (χ4n) is 2.91. The van der Waals surface area contributed by atoms with Crippen molar-refractivity contribution in [2.75, 3.05) is 0 Å². The maximum absolute atomic E-state index is 13.8. The van der Waals surface area contributed by atoms with Gasteiger partial charge in [0.2, 0.25) is 0 Å². The Morgan fingerprint density at radius 1 is 1.15 bits per heavy atom. The van der Waals surface area contributed by atoms with Crippen molar-refractivity contribution in [3.63, 3.8) is 0 Å². The van der Waals surface area contributed by atoms with E-state index in [0.29, 0.717) is 22.7 Å². The zero-order chi connectivity index (χ0) is 19.0. The molecule has 1 atom stereocenters. The zero-order valence-electron chi connectivity index (χ0n) is 14.6. The summed E-state index contributed by atoms with van der Waals surface area (Å²) in [6, 6.07) is 7.90. The molecule has 0 spiro atoms. The fraction of sp³-hybridized carbons (Fsp3) is 0.250. The summed E-state index contributed by atoms with van der Waals surface area (Å²) in [6.45, 7) is 6.18. The highest BCUT2D eigenvalue weighted by atomic mass is 35.5. The molecule has 3 nitrogen and oxygen atoms in total. The molecule has 1 N–H and O–H groups in total. The number of halogens is 3. The minimum absolute atomic E-state index is 0.0107. The number of fused-ring (bicyclic) bond motifs is 1. The van der Waals surface area contributed by atoms with E-state index in [0.717, 1.165) is 22.1 Å². The summed E-state index contributed by atoms with van der Waals surface area (Å²) in [5.41, 5.74) is 3.62. The summed E-state index contributed by atoms with van der Waals surface area (Å²) in [6.07, 6.45) is 0. The lowest BCUT2D eigenvalue weighted by atomic mass is 10.0. The highest BCUT2D eigenvalue weighted by Crippen LogP contribution is 2.29. The van der Waals surface area contributed by atoms with Crippen LogP contribution in [-0.4, -0.2) is 0 Å². The van der Waals surface area contributed by atoms with Gasteiger partial charge in [0.15, 0.2) is 0 Å². The average Bonchev–Trinajstić information content (AvgIpc) is 2.59. The Bertz CT molecular complexity index is 1050. The predicted molar refractivity (Wildman–Crippen MR) is 104 cm³/mol. The third kappa shape index (κ3) is 3.63. The van der Waals surface area contributed by atoms with Gasteiger partial charge in [-0.15, -0.1) is 0 Å². The van der Waals surface area contributed by atoms with Crippen LogP contribution in [0.2, 0.25) is 10.0 Å². The van der Waals surface area contributed by atoms with E-state index in [1.165, 1.54) is 18.2 Å². The van der Waals surface area contributed by atoms with Crippen LogP contribution in [0, 0.1) is 19.7 Å². The molecule has 1 heterocycles. The van der Waals surface area contributed by atoms with Crippen LogP contribution in [0.5, 0.6) is 0 Å². The number of benzene rings is 2. The first-order valence-electron chi connectivity index (χ1n) is 8.18. The van der Waals surface area contributed by atoms with Crippen LogP contribution in [0.25, 0.3) is 11.0 Å². The molecule has 0 amide bonds. The third-order valence-electron chi connectivity index (χ3n) is 4.62. The van der Waals surface area contributed by atoms with E-state index < -0.39 is 11.4 Å². The third-order valence-corrected chi connectivity index (χ3v) is 5.24. The molecule has 0 aliphatic carbocycles. The second-order valence-corrected chi connectivity index (χ2v) is 7.18. The van der Waals surface area contributed by atoms with Crippen molar-refractivity contribution < 1.29 is 8.81 Å². The Morgan fingerprint density at radius 3 is 2.62 bits per heavy atom. The standard InChI is InChI=1S/C20H18Cl2FNO2/c1-10-4-5-14-13(6-19(25)26-20(14)11(10)2)9-24-12(3)15-7-18(23)17(22)8-16(15)21/h4-8,12,24H,9H2,1-3H3/t12-/m1/s1. The van der Waals surface area contributed by atoms with Crippen LogP contribution in [0.4, 0.5) is 4.39 Å². The van der Waals surface area contributed by atoms with Crippen molar-refractivity contribution in [3.05, 3.63) is 78.9 Å². The van der Waals surface area contributed by atoms with Gasteiger partial charge in [-0.3, -0.25) is 0 Å². The lowest BCUT2D eigenvalue weighted by Gasteiger charge is -2.17. The highest BCUT2D eigenvalue weighted by Gasteiger charge is 2.15. The molecule has 0 radical (unpaired) electrons. The van der Waals surface area contributed by atoms with E-state index in [1.54, 1.807) is 0 Å². The number of aryl methyl sites for hydroxylation is 2. The maximum Gasteiger partial charge on any atom is 0.336 e. The van der Waals surface area contributed by atoms with Gasteiger partial charge in [-0.05, 0) is 55.2 Å². The van der Waals surface area contributed by atoms with Crippen LogP contribution in [-0.2, 0) is 6.54 Å². The molecule has 0 aliphatic heterocycles. The normalized spacial score (nSPS) is 12.5. The Balaban J connectivity index is 1.92. The molecular formula is C20H18Cl2FNO2. The van der Waals surface area contributed by atoms with Gasteiger partial charge in [0.1, 0.15) is 11.4 Å². The van der Waals surface area contributed by atoms with Crippen LogP contribution >= 0.6 is 23.2 Å². The van der Waals surface area contributed by atoms with Crippen LogP contribution in [0.3, 0.4) is 0 Å². The van der Waals surface area contributed by atoms with E-state index in [-0.39, 0.29) is 11.1 Å². The number of hydrogen-bond acceptors (Lipinski definition) is 3. The van der Waals surface area contributed by atoms with Crippen molar-refractivity contribution in [2.45, 2.75) is 33.4 Å². The van der Waals surface area contributed by atoms with Crippen LogP contribution < -0.4 is 10.9 Å². The smallest absolute Gasteiger partial charge is 0.336 e. The largest absolute Gasteiger partial charge is 0.422 e. The first-order valence-corrected chi connectivity index (χ1v) is 8.94. The molecule has 1 aromatic heterocycles. The molecule has 0 fully saturated rings. The summed E-state index contributed by atoms with van der Waals surface area (Å²) in [7, 11) is 0. The quantitative estimate of drug-likeness (QED) is 0.456. The van der Waals surface area contributed by atoms with Crippen molar-refractivity contribution in [1.82, 2.24) is 5.32 Å². The average molecular weight is 394 g/mol. The van der Waals surface area contributed by atoms with Crippen LogP contribution in [0.15, 0.2) is 39.5 Å². The second-order valence-electron chi connectivity index (χ2n) is 6.37. The molecule has 0 unspecified atom stereocenters. The zero-order valence-corrected chi connectivity index (χ0v) is 16.1. The number of nitrogens with one attached hydrogen (secondary N) is 1. The lowest BCUT2D eigenvalue weighted by Crippen LogP contribution is -2.20. The maximum atomic E-state index is 13.8.